The average molecular weight is 388 g/mol. The third-order valence-corrected chi connectivity index (χ3v) is 6.97. The number of benzene rings is 2. The van der Waals surface area contributed by atoms with Crippen LogP contribution in [0.2, 0.25) is 0 Å². The van der Waals surface area contributed by atoms with Crippen molar-refractivity contribution in [2.24, 2.45) is 5.73 Å². The molecular weight excluding hydrogens is 362 g/mol. The van der Waals surface area contributed by atoms with E-state index in [9.17, 15) is 13.2 Å². The van der Waals surface area contributed by atoms with E-state index in [0.717, 1.165) is 16.7 Å². The van der Waals surface area contributed by atoms with Crippen molar-refractivity contribution in [3.05, 3.63) is 60.2 Å². The molecule has 0 radical (unpaired) electrons. The van der Waals surface area contributed by atoms with Crippen LogP contribution in [0.3, 0.4) is 0 Å². The van der Waals surface area contributed by atoms with Gasteiger partial charge in [-0.05, 0) is 49.8 Å². The molecule has 1 saturated carbocycles. The van der Waals surface area contributed by atoms with Gasteiger partial charge in [-0.15, -0.1) is 0 Å². The smallest absolute Gasteiger partial charge is 0.270 e. The van der Waals surface area contributed by atoms with Crippen molar-refractivity contribution in [2.75, 3.05) is 0 Å². The maximum Gasteiger partial charge on any atom is 0.270 e. The molecule has 2 aromatic carbocycles. The molecule has 0 aliphatic heterocycles. The van der Waals surface area contributed by atoms with E-state index in [4.69, 9.17) is 9.92 Å². The Morgan fingerprint density at radius 3 is 2.22 bits per heavy atom. The minimum absolute atomic E-state index is 0.305. The summed E-state index contributed by atoms with van der Waals surface area (Å²) in [6.07, 6.45) is 1.64. The van der Waals surface area contributed by atoms with Crippen LogP contribution in [-0.2, 0) is 19.1 Å². The van der Waals surface area contributed by atoms with Gasteiger partial charge < -0.3 is 5.73 Å². The lowest BCUT2D eigenvalue weighted by Gasteiger charge is -2.32. The van der Waals surface area contributed by atoms with E-state index in [2.05, 4.69) is 0 Å². The van der Waals surface area contributed by atoms with E-state index in [0.29, 0.717) is 19.3 Å². The Morgan fingerprint density at radius 2 is 1.67 bits per heavy atom. The van der Waals surface area contributed by atoms with E-state index in [1.165, 1.54) is 13.8 Å². The van der Waals surface area contributed by atoms with Crippen LogP contribution in [0.25, 0.3) is 11.1 Å². The van der Waals surface area contributed by atoms with Crippen LogP contribution in [-0.4, -0.2) is 25.2 Å². The summed E-state index contributed by atoms with van der Waals surface area (Å²) in [7, 11) is -3.88. The summed E-state index contributed by atoms with van der Waals surface area (Å²) in [5.74, 6) is -1.10. The standard InChI is InChI=1S/C21H25NO4S/c1-15(2)27(24,25)26-21(20(22)23)14-6-9-19(21)18-12-10-17(11-13-18)16-7-4-3-5-8-16/h3-5,7-8,10-13,15,19H,6,9,14H2,1-2H3,(H2,22,23). The lowest BCUT2D eigenvalue weighted by molar-refractivity contribution is -0.134. The predicted octanol–water partition coefficient (Wildman–Crippen LogP) is 3.60. The topological polar surface area (TPSA) is 86.5 Å². The number of hydrogen-bond donors (Lipinski definition) is 1. The van der Waals surface area contributed by atoms with Crippen molar-refractivity contribution in [2.45, 2.75) is 49.9 Å². The van der Waals surface area contributed by atoms with Gasteiger partial charge in [0.25, 0.3) is 16.0 Å². The van der Waals surface area contributed by atoms with E-state index >= 15 is 0 Å². The lowest BCUT2D eigenvalue weighted by Crippen LogP contribution is -2.50. The highest BCUT2D eigenvalue weighted by Gasteiger charge is 2.53. The molecule has 144 valence electrons. The number of amides is 1. The summed E-state index contributed by atoms with van der Waals surface area (Å²) in [5, 5.41) is -0.740. The SMILES string of the molecule is CC(C)S(=O)(=O)OC1(C(N)=O)CCCC1c1ccc(-c2ccccc2)cc1. The van der Waals surface area contributed by atoms with Gasteiger partial charge in [0.05, 0.1) is 5.25 Å². The molecule has 0 saturated heterocycles. The monoisotopic (exact) mass is 387 g/mol. The van der Waals surface area contributed by atoms with Gasteiger partial charge in [-0.25, -0.2) is 0 Å². The van der Waals surface area contributed by atoms with Crippen molar-refractivity contribution >= 4 is 16.0 Å². The molecule has 1 aliphatic rings. The average Bonchev–Trinajstić information content (AvgIpc) is 3.07. The highest BCUT2D eigenvalue weighted by Crippen LogP contribution is 2.46. The molecule has 2 N–H and O–H groups in total. The maximum atomic E-state index is 12.4. The van der Waals surface area contributed by atoms with Crippen LogP contribution < -0.4 is 5.73 Å². The maximum absolute atomic E-state index is 12.4. The van der Waals surface area contributed by atoms with Crippen LogP contribution in [0.5, 0.6) is 0 Å². The number of rotatable bonds is 6. The molecule has 0 heterocycles. The molecular formula is C21H25NO4S. The number of carbonyl (C=O) groups is 1. The fourth-order valence-corrected chi connectivity index (χ4v) is 4.58. The lowest BCUT2D eigenvalue weighted by atomic mass is 9.84. The largest absolute Gasteiger partial charge is 0.367 e. The van der Waals surface area contributed by atoms with E-state index in [1.54, 1.807) is 0 Å². The fraction of sp³-hybridized carbons (Fsp3) is 0.381. The molecule has 0 spiro atoms. The van der Waals surface area contributed by atoms with Crippen molar-refractivity contribution in [3.63, 3.8) is 0 Å². The Morgan fingerprint density at radius 1 is 1.07 bits per heavy atom. The summed E-state index contributed by atoms with van der Waals surface area (Å²) < 4.78 is 30.3. The summed E-state index contributed by atoms with van der Waals surface area (Å²) in [4.78, 5) is 12.3. The van der Waals surface area contributed by atoms with Gasteiger partial charge in [0.2, 0.25) is 0 Å². The summed E-state index contributed by atoms with van der Waals surface area (Å²) in [6.45, 7) is 3.06. The molecule has 0 bridgehead atoms. The number of nitrogens with two attached hydrogens (primary N) is 1. The molecule has 2 atom stereocenters. The molecule has 5 nitrogen and oxygen atoms in total. The molecule has 1 fully saturated rings. The van der Waals surface area contributed by atoms with Gasteiger partial charge in [0.1, 0.15) is 0 Å². The third kappa shape index (κ3) is 3.77. The van der Waals surface area contributed by atoms with Gasteiger partial charge in [-0.1, -0.05) is 54.6 Å². The first-order valence-electron chi connectivity index (χ1n) is 9.16. The molecule has 2 unspecified atom stereocenters. The Balaban J connectivity index is 1.95. The van der Waals surface area contributed by atoms with Gasteiger partial charge in [0, 0.05) is 5.92 Å². The van der Waals surface area contributed by atoms with Crippen LogP contribution in [0.1, 0.15) is 44.6 Å². The molecule has 27 heavy (non-hydrogen) atoms. The zero-order valence-corrected chi connectivity index (χ0v) is 16.4. The molecule has 3 rings (SSSR count). The van der Waals surface area contributed by atoms with E-state index in [1.807, 2.05) is 54.6 Å². The van der Waals surface area contributed by atoms with Gasteiger partial charge in [-0.3, -0.25) is 8.98 Å². The second-order valence-corrected chi connectivity index (χ2v) is 9.41. The van der Waals surface area contributed by atoms with Gasteiger partial charge >= 0.3 is 0 Å². The van der Waals surface area contributed by atoms with Crippen LogP contribution in [0.4, 0.5) is 0 Å². The Labute approximate surface area is 160 Å². The summed E-state index contributed by atoms with van der Waals surface area (Å²) in [5.41, 5.74) is 7.16. The van der Waals surface area contributed by atoms with Crippen LogP contribution in [0, 0.1) is 0 Å². The predicted molar refractivity (Wildman–Crippen MR) is 106 cm³/mol. The normalized spacial score (nSPS) is 22.9. The Hall–Kier alpha value is -2.18. The van der Waals surface area contributed by atoms with Crippen molar-refractivity contribution in [1.29, 1.82) is 0 Å². The Kier molecular flexibility index (Phi) is 5.40. The zero-order chi connectivity index (χ0) is 19.7. The highest BCUT2D eigenvalue weighted by atomic mass is 32.2. The molecule has 1 amide bonds. The fourth-order valence-electron chi connectivity index (χ4n) is 3.69. The number of primary amides is 1. The number of hydrogen-bond acceptors (Lipinski definition) is 4. The third-order valence-electron chi connectivity index (χ3n) is 5.28. The van der Waals surface area contributed by atoms with Crippen molar-refractivity contribution < 1.29 is 17.4 Å². The zero-order valence-electron chi connectivity index (χ0n) is 15.6. The first kappa shape index (κ1) is 19.6. The molecule has 2 aromatic rings. The van der Waals surface area contributed by atoms with Gasteiger partial charge in [0.15, 0.2) is 5.60 Å². The first-order valence-corrected chi connectivity index (χ1v) is 10.6. The quantitative estimate of drug-likeness (QED) is 0.767. The molecule has 6 heteroatoms. The van der Waals surface area contributed by atoms with Crippen molar-refractivity contribution in [3.8, 4) is 11.1 Å². The highest BCUT2D eigenvalue weighted by molar-refractivity contribution is 7.87. The van der Waals surface area contributed by atoms with Crippen molar-refractivity contribution in [1.82, 2.24) is 0 Å². The second kappa shape index (κ2) is 7.44. The summed E-state index contributed by atoms with van der Waals surface area (Å²) >= 11 is 0. The number of carbonyl (C=O) groups excluding carboxylic acids is 1. The minimum atomic E-state index is -3.88. The summed E-state index contributed by atoms with van der Waals surface area (Å²) in [6, 6.07) is 17.8. The van der Waals surface area contributed by atoms with E-state index < -0.39 is 26.9 Å². The van der Waals surface area contributed by atoms with Gasteiger partial charge in [-0.2, -0.15) is 8.42 Å². The first-order chi connectivity index (χ1) is 12.8. The van der Waals surface area contributed by atoms with Crippen LogP contribution >= 0.6 is 0 Å². The minimum Gasteiger partial charge on any atom is -0.367 e. The molecule has 1 aliphatic carbocycles. The Bertz CT molecular complexity index is 907. The van der Waals surface area contributed by atoms with Crippen LogP contribution in [0.15, 0.2) is 54.6 Å². The molecule has 0 aromatic heterocycles. The second-order valence-electron chi connectivity index (χ2n) is 7.31. The van der Waals surface area contributed by atoms with E-state index in [-0.39, 0.29) is 5.92 Å².